The zero-order chi connectivity index (χ0) is 13.9. The SMILES string of the molecule is CCCOCCOc1ccc(CC(C)NCC)cc1. The second-order valence-corrected chi connectivity index (χ2v) is 4.77. The maximum Gasteiger partial charge on any atom is 0.119 e. The Balaban J connectivity index is 2.27. The number of hydrogen-bond acceptors (Lipinski definition) is 3. The molecule has 3 nitrogen and oxygen atoms in total. The number of benzene rings is 1. The van der Waals surface area contributed by atoms with Crippen molar-refractivity contribution in [1.82, 2.24) is 5.32 Å². The quantitative estimate of drug-likeness (QED) is 0.660. The summed E-state index contributed by atoms with van der Waals surface area (Å²) in [6.45, 7) is 9.55. The summed E-state index contributed by atoms with van der Waals surface area (Å²) in [4.78, 5) is 0. The normalized spacial score (nSPS) is 12.4. The summed E-state index contributed by atoms with van der Waals surface area (Å²) < 4.78 is 11.0. The van der Waals surface area contributed by atoms with E-state index in [1.54, 1.807) is 0 Å². The lowest BCUT2D eigenvalue weighted by atomic mass is 10.1. The van der Waals surface area contributed by atoms with E-state index in [1.165, 1.54) is 5.56 Å². The Morgan fingerprint density at radius 1 is 1.05 bits per heavy atom. The minimum absolute atomic E-state index is 0.513. The summed E-state index contributed by atoms with van der Waals surface area (Å²) in [5.41, 5.74) is 1.34. The van der Waals surface area contributed by atoms with Gasteiger partial charge in [-0.05, 0) is 44.0 Å². The first kappa shape index (κ1) is 16.0. The van der Waals surface area contributed by atoms with E-state index in [0.717, 1.165) is 31.7 Å². The molecule has 1 N–H and O–H groups in total. The largest absolute Gasteiger partial charge is 0.491 e. The summed E-state index contributed by atoms with van der Waals surface area (Å²) >= 11 is 0. The lowest BCUT2D eigenvalue weighted by Gasteiger charge is -2.12. The van der Waals surface area contributed by atoms with Gasteiger partial charge in [-0.1, -0.05) is 26.0 Å². The van der Waals surface area contributed by atoms with Gasteiger partial charge in [-0.2, -0.15) is 0 Å². The van der Waals surface area contributed by atoms with Crippen LogP contribution in [0, 0.1) is 0 Å². The molecule has 1 unspecified atom stereocenters. The van der Waals surface area contributed by atoms with Crippen molar-refractivity contribution in [3.05, 3.63) is 29.8 Å². The second-order valence-electron chi connectivity index (χ2n) is 4.77. The van der Waals surface area contributed by atoms with Crippen molar-refractivity contribution in [1.29, 1.82) is 0 Å². The third-order valence-electron chi connectivity index (χ3n) is 2.86. The highest BCUT2D eigenvalue weighted by Gasteiger charge is 2.02. The van der Waals surface area contributed by atoms with Crippen molar-refractivity contribution in [2.75, 3.05) is 26.4 Å². The van der Waals surface area contributed by atoms with Crippen molar-refractivity contribution in [2.45, 2.75) is 39.7 Å². The fraction of sp³-hybridized carbons (Fsp3) is 0.625. The van der Waals surface area contributed by atoms with Crippen LogP contribution in [0.2, 0.25) is 0 Å². The molecule has 0 saturated heterocycles. The summed E-state index contributed by atoms with van der Waals surface area (Å²) in [5.74, 6) is 0.917. The molecule has 1 rings (SSSR count). The molecular formula is C16H27NO2. The standard InChI is InChI=1S/C16H27NO2/c1-4-10-18-11-12-19-16-8-6-15(7-9-16)13-14(3)17-5-2/h6-9,14,17H,4-5,10-13H2,1-3H3. The Hall–Kier alpha value is -1.06. The van der Waals surface area contributed by atoms with E-state index in [-0.39, 0.29) is 0 Å². The molecule has 0 fully saturated rings. The van der Waals surface area contributed by atoms with E-state index in [4.69, 9.17) is 9.47 Å². The number of likely N-dealkylation sites (N-methyl/N-ethyl adjacent to an activating group) is 1. The third-order valence-corrected chi connectivity index (χ3v) is 2.86. The molecule has 1 atom stereocenters. The van der Waals surface area contributed by atoms with E-state index in [1.807, 2.05) is 12.1 Å². The average Bonchev–Trinajstić information content (AvgIpc) is 2.41. The molecule has 0 saturated carbocycles. The zero-order valence-electron chi connectivity index (χ0n) is 12.4. The van der Waals surface area contributed by atoms with Gasteiger partial charge in [0, 0.05) is 12.6 Å². The molecule has 0 spiro atoms. The summed E-state index contributed by atoms with van der Waals surface area (Å²) in [7, 11) is 0. The van der Waals surface area contributed by atoms with Gasteiger partial charge < -0.3 is 14.8 Å². The molecule has 19 heavy (non-hydrogen) atoms. The first-order valence-corrected chi connectivity index (χ1v) is 7.29. The van der Waals surface area contributed by atoms with Crippen molar-refractivity contribution in [2.24, 2.45) is 0 Å². The van der Waals surface area contributed by atoms with Gasteiger partial charge in [-0.3, -0.25) is 0 Å². The fourth-order valence-electron chi connectivity index (χ4n) is 1.96. The smallest absolute Gasteiger partial charge is 0.119 e. The number of hydrogen-bond donors (Lipinski definition) is 1. The van der Waals surface area contributed by atoms with Gasteiger partial charge in [0.25, 0.3) is 0 Å². The molecule has 0 amide bonds. The van der Waals surface area contributed by atoms with Crippen LogP contribution in [0.1, 0.15) is 32.8 Å². The van der Waals surface area contributed by atoms with E-state index in [2.05, 4.69) is 38.2 Å². The van der Waals surface area contributed by atoms with Crippen LogP contribution in [0.3, 0.4) is 0 Å². The minimum atomic E-state index is 0.513. The van der Waals surface area contributed by atoms with Crippen LogP contribution in [0.25, 0.3) is 0 Å². The van der Waals surface area contributed by atoms with E-state index in [9.17, 15) is 0 Å². The van der Waals surface area contributed by atoms with Gasteiger partial charge in [0.05, 0.1) is 6.61 Å². The summed E-state index contributed by atoms with van der Waals surface area (Å²) in [5, 5.41) is 3.41. The van der Waals surface area contributed by atoms with Gasteiger partial charge in [0.1, 0.15) is 12.4 Å². The van der Waals surface area contributed by atoms with E-state index in [0.29, 0.717) is 19.3 Å². The highest BCUT2D eigenvalue weighted by molar-refractivity contribution is 5.27. The van der Waals surface area contributed by atoms with Crippen molar-refractivity contribution >= 4 is 0 Å². The topological polar surface area (TPSA) is 30.5 Å². The van der Waals surface area contributed by atoms with Gasteiger partial charge in [-0.15, -0.1) is 0 Å². The lowest BCUT2D eigenvalue weighted by molar-refractivity contribution is 0.101. The van der Waals surface area contributed by atoms with E-state index >= 15 is 0 Å². The Labute approximate surface area is 117 Å². The Morgan fingerprint density at radius 3 is 2.42 bits per heavy atom. The maximum atomic E-state index is 5.62. The van der Waals surface area contributed by atoms with Crippen LogP contribution in [-0.2, 0) is 11.2 Å². The third kappa shape index (κ3) is 7.19. The predicted molar refractivity (Wildman–Crippen MR) is 79.9 cm³/mol. The molecule has 0 aromatic heterocycles. The van der Waals surface area contributed by atoms with Crippen molar-refractivity contribution in [3.63, 3.8) is 0 Å². The number of rotatable bonds is 10. The van der Waals surface area contributed by atoms with Crippen LogP contribution in [-0.4, -0.2) is 32.4 Å². The maximum absolute atomic E-state index is 5.62. The average molecular weight is 265 g/mol. The fourth-order valence-corrected chi connectivity index (χ4v) is 1.96. The van der Waals surface area contributed by atoms with Gasteiger partial charge in [0.15, 0.2) is 0 Å². The Kier molecular flexibility index (Phi) is 8.26. The van der Waals surface area contributed by atoms with Crippen LogP contribution in [0.4, 0.5) is 0 Å². The van der Waals surface area contributed by atoms with E-state index < -0.39 is 0 Å². The highest BCUT2D eigenvalue weighted by Crippen LogP contribution is 2.13. The summed E-state index contributed by atoms with van der Waals surface area (Å²) in [6, 6.07) is 8.85. The van der Waals surface area contributed by atoms with Crippen molar-refractivity contribution in [3.8, 4) is 5.75 Å². The predicted octanol–water partition coefficient (Wildman–Crippen LogP) is 3.03. The van der Waals surface area contributed by atoms with Gasteiger partial charge >= 0.3 is 0 Å². The number of nitrogens with one attached hydrogen (secondary N) is 1. The molecule has 0 aliphatic rings. The van der Waals surface area contributed by atoms with Crippen LogP contribution >= 0.6 is 0 Å². The molecule has 1 aromatic rings. The Bertz CT molecular complexity index is 324. The molecule has 0 bridgehead atoms. The first-order chi connectivity index (χ1) is 9.26. The minimum Gasteiger partial charge on any atom is -0.491 e. The molecule has 1 aromatic carbocycles. The molecule has 0 radical (unpaired) electrons. The highest BCUT2D eigenvalue weighted by atomic mass is 16.5. The van der Waals surface area contributed by atoms with Crippen LogP contribution in [0.5, 0.6) is 5.75 Å². The number of ether oxygens (including phenoxy) is 2. The van der Waals surface area contributed by atoms with Crippen LogP contribution in [0.15, 0.2) is 24.3 Å². The second kappa shape index (κ2) is 9.82. The Morgan fingerprint density at radius 2 is 1.79 bits per heavy atom. The molecule has 0 aliphatic carbocycles. The van der Waals surface area contributed by atoms with Crippen LogP contribution < -0.4 is 10.1 Å². The zero-order valence-corrected chi connectivity index (χ0v) is 12.4. The molecule has 3 heteroatoms. The first-order valence-electron chi connectivity index (χ1n) is 7.29. The molecule has 108 valence electrons. The summed E-state index contributed by atoms with van der Waals surface area (Å²) in [6.07, 6.45) is 2.10. The van der Waals surface area contributed by atoms with Gasteiger partial charge in [0.2, 0.25) is 0 Å². The van der Waals surface area contributed by atoms with Crippen molar-refractivity contribution < 1.29 is 9.47 Å². The lowest BCUT2D eigenvalue weighted by Crippen LogP contribution is -2.27. The molecule has 0 aliphatic heterocycles. The van der Waals surface area contributed by atoms with Gasteiger partial charge in [-0.25, -0.2) is 0 Å². The molecule has 0 heterocycles. The molecular weight excluding hydrogens is 238 g/mol. The monoisotopic (exact) mass is 265 g/mol.